The molecule has 2 aliphatic rings. The van der Waals surface area contributed by atoms with Crippen molar-refractivity contribution in [3.8, 4) is 0 Å². The minimum atomic E-state index is 0.500. The Kier molecular flexibility index (Phi) is 3.35. The Balaban J connectivity index is 2.08. The molecule has 4 atom stereocenters. The average Bonchev–Trinajstić information content (AvgIpc) is 2.64. The fourth-order valence-electron chi connectivity index (χ4n) is 4.30. The van der Waals surface area contributed by atoms with Crippen LogP contribution in [-0.4, -0.2) is 24.1 Å². The van der Waals surface area contributed by atoms with Crippen molar-refractivity contribution in [3.63, 3.8) is 0 Å². The van der Waals surface area contributed by atoms with Crippen LogP contribution in [0.2, 0.25) is 0 Å². The van der Waals surface area contributed by atoms with Gasteiger partial charge in [0.15, 0.2) is 0 Å². The van der Waals surface area contributed by atoms with Gasteiger partial charge in [-0.2, -0.15) is 11.8 Å². The van der Waals surface area contributed by atoms with Crippen LogP contribution in [0.1, 0.15) is 47.0 Å². The molecule has 94 valence electrons. The molecule has 0 aromatic heterocycles. The lowest BCUT2D eigenvalue weighted by molar-refractivity contribution is 0.103. The molecule has 2 aliphatic carbocycles. The molecule has 0 radical (unpaired) electrons. The van der Waals surface area contributed by atoms with Gasteiger partial charge >= 0.3 is 0 Å². The Morgan fingerprint density at radius 2 is 2.06 bits per heavy atom. The lowest BCUT2D eigenvalue weighted by Crippen LogP contribution is -2.53. The molecule has 0 aromatic carbocycles. The van der Waals surface area contributed by atoms with Crippen LogP contribution in [0.4, 0.5) is 0 Å². The summed E-state index contributed by atoms with van der Waals surface area (Å²) in [5.41, 5.74) is 1.07. The molecule has 2 bridgehead atoms. The van der Waals surface area contributed by atoms with Crippen molar-refractivity contribution in [1.82, 2.24) is 5.32 Å². The summed E-state index contributed by atoms with van der Waals surface area (Å²) >= 11 is 1.95. The molecule has 1 N–H and O–H groups in total. The molecular weight excluding hydrogens is 214 g/mol. The molecule has 0 heterocycles. The fraction of sp³-hybridized carbons (Fsp3) is 1.00. The number of thioether (sulfide) groups is 1. The Bertz CT molecular complexity index is 259. The van der Waals surface area contributed by atoms with Gasteiger partial charge < -0.3 is 5.32 Å². The first-order valence-corrected chi connectivity index (χ1v) is 8.04. The number of nitrogens with one attached hydrogen (secondary N) is 1. The molecule has 16 heavy (non-hydrogen) atoms. The highest BCUT2D eigenvalue weighted by Gasteiger charge is 2.59. The maximum Gasteiger partial charge on any atom is 0.0178 e. The van der Waals surface area contributed by atoms with Gasteiger partial charge in [0.1, 0.15) is 0 Å². The van der Waals surface area contributed by atoms with Crippen molar-refractivity contribution in [1.29, 1.82) is 0 Å². The van der Waals surface area contributed by atoms with Crippen LogP contribution in [0.5, 0.6) is 0 Å². The molecule has 4 unspecified atom stereocenters. The minimum Gasteiger partial charge on any atom is -0.310 e. The second-order valence-corrected chi connectivity index (χ2v) is 7.78. The zero-order chi connectivity index (χ0) is 12.0. The van der Waals surface area contributed by atoms with Crippen LogP contribution in [-0.2, 0) is 0 Å². The summed E-state index contributed by atoms with van der Waals surface area (Å²) in [4.78, 5) is 0. The van der Waals surface area contributed by atoms with E-state index in [4.69, 9.17) is 0 Å². The van der Waals surface area contributed by atoms with Crippen LogP contribution < -0.4 is 5.32 Å². The first kappa shape index (κ1) is 12.8. The molecule has 0 aromatic rings. The molecule has 2 rings (SSSR count). The number of rotatable bonds is 4. The molecule has 0 spiro atoms. The van der Waals surface area contributed by atoms with E-state index in [-0.39, 0.29) is 0 Å². The highest BCUT2D eigenvalue weighted by Crippen LogP contribution is 2.62. The molecule has 0 amide bonds. The molecule has 2 fully saturated rings. The van der Waals surface area contributed by atoms with Gasteiger partial charge in [-0.25, -0.2) is 0 Å². The fourth-order valence-corrected chi connectivity index (χ4v) is 4.90. The largest absolute Gasteiger partial charge is 0.310 e. The number of hydrogen-bond acceptors (Lipinski definition) is 2. The van der Waals surface area contributed by atoms with E-state index in [1.807, 2.05) is 11.8 Å². The van der Waals surface area contributed by atoms with Crippen LogP contribution in [0.25, 0.3) is 0 Å². The highest BCUT2D eigenvalue weighted by molar-refractivity contribution is 7.98. The zero-order valence-electron chi connectivity index (χ0n) is 11.5. The van der Waals surface area contributed by atoms with Gasteiger partial charge in [-0.05, 0) is 49.2 Å². The van der Waals surface area contributed by atoms with E-state index in [2.05, 4.69) is 39.3 Å². The van der Waals surface area contributed by atoms with E-state index >= 15 is 0 Å². The topological polar surface area (TPSA) is 12.0 Å². The maximum atomic E-state index is 3.92. The monoisotopic (exact) mass is 241 g/mol. The van der Waals surface area contributed by atoms with Crippen molar-refractivity contribution >= 4 is 11.8 Å². The Labute approximate surface area is 105 Å². The van der Waals surface area contributed by atoms with E-state index in [1.54, 1.807) is 0 Å². The van der Waals surface area contributed by atoms with Crippen LogP contribution >= 0.6 is 11.8 Å². The Hall–Kier alpha value is 0.310. The second kappa shape index (κ2) is 4.20. The van der Waals surface area contributed by atoms with Crippen molar-refractivity contribution in [2.75, 3.05) is 12.0 Å². The lowest BCUT2D eigenvalue weighted by atomic mass is 9.68. The van der Waals surface area contributed by atoms with Gasteiger partial charge in [0, 0.05) is 17.8 Å². The van der Waals surface area contributed by atoms with E-state index in [9.17, 15) is 0 Å². The summed E-state index contributed by atoms with van der Waals surface area (Å²) in [6, 6.07) is 1.37. The predicted octanol–water partition coefficient (Wildman–Crippen LogP) is 3.54. The van der Waals surface area contributed by atoms with Crippen LogP contribution in [0.3, 0.4) is 0 Å². The van der Waals surface area contributed by atoms with Gasteiger partial charge in [0.05, 0.1) is 0 Å². The third-order valence-corrected chi connectivity index (χ3v) is 5.97. The van der Waals surface area contributed by atoms with Gasteiger partial charge in [-0.3, -0.25) is 0 Å². The molecule has 2 heteroatoms. The van der Waals surface area contributed by atoms with E-state index in [0.29, 0.717) is 16.9 Å². The normalized spacial score (nSPS) is 42.6. The minimum absolute atomic E-state index is 0.500. The Morgan fingerprint density at radius 3 is 2.56 bits per heavy atom. The Morgan fingerprint density at radius 1 is 1.38 bits per heavy atom. The van der Waals surface area contributed by atoms with E-state index in [0.717, 1.165) is 12.0 Å². The number of fused-ring (bicyclic) bond motifs is 2. The summed E-state index contributed by atoms with van der Waals surface area (Å²) in [5, 5.41) is 3.92. The summed E-state index contributed by atoms with van der Waals surface area (Å²) in [6.07, 6.45) is 6.54. The van der Waals surface area contributed by atoms with E-state index < -0.39 is 0 Å². The third-order valence-electron chi connectivity index (χ3n) is 5.14. The molecular formula is C14H27NS. The average molecular weight is 241 g/mol. The van der Waals surface area contributed by atoms with Gasteiger partial charge in [-0.1, -0.05) is 20.8 Å². The van der Waals surface area contributed by atoms with Crippen LogP contribution in [0, 0.1) is 16.7 Å². The van der Waals surface area contributed by atoms with Gasteiger partial charge in [0.2, 0.25) is 0 Å². The molecule has 1 nitrogen and oxygen atoms in total. The first-order chi connectivity index (χ1) is 7.40. The van der Waals surface area contributed by atoms with Gasteiger partial charge in [0.25, 0.3) is 0 Å². The maximum absolute atomic E-state index is 3.92. The zero-order valence-corrected chi connectivity index (χ0v) is 12.3. The lowest BCUT2D eigenvalue weighted by Gasteiger charge is -2.44. The van der Waals surface area contributed by atoms with Crippen molar-refractivity contribution in [3.05, 3.63) is 0 Å². The predicted molar refractivity (Wildman–Crippen MR) is 74.0 cm³/mol. The quantitative estimate of drug-likeness (QED) is 0.808. The van der Waals surface area contributed by atoms with Crippen LogP contribution in [0.15, 0.2) is 0 Å². The second-order valence-electron chi connectivity index (χ2n) is 6.87. The summed E-state index contributed by atoms with van der Waals surface area (Å²) in [6.45, 7) is 9.80. The molecule has 0 aliphatic heterocycles. The summed E-state index contributed by atoms with van der Waals surface area (Å²) in [7, 11) is 0. The summed E-state index contributed by atoms with van der Waals surface area (Å²) < 4.78 is 0. The summed E-state index contributed by atoms with van der Waals surface area (Å²) in [5.74, 6) is 2.18. The number of hydrogen-bond donors (Lipinski definition) is 1. The molecule has 2 saturated carbocycles. The first-order valence-electron chi connectivity index (χ1n) is 6.65. The van der Waals surface area contributed by atoms with Crippen molar-refractivity contribution < 1.29 is 0 Å². The highest BCUT2D eigenvalue weighted by atomic mass is 32.2. The van der Waals surface area contributed by atoms with Crippen molar-refractivity contribution in [2.45, 2.75) is 59.0 Å². The third kappa shape index (κ3) is 1.92. The van der Waals surface area contributed by atoms with Gasteiger partial charge in [-0.15, -0.1) is 0 Å². The SMILES string of the molecule is CSCC(C)NC1C2(C)CCC(C2)C1(C)C. The standard InChI is InChI=1S/C14H27NS/c1-10(9-16-5)15-12-13(2,3)11-6-7-14(12,4)8-11/h10-12,15H,6-9H2,1-5H3. The molecule has 0 saturated heterocycles. The van der Waals surface area contributed by atoms with E-state index in [1.165, 1.54) is 25.0 Å². The van der Waals surface area contributed by atoms with Crippen molar-refractivity contribution in [2.24, 2.45) is 16.7 Å². The smallest absolute Gasteiger partial charge is 0.0178 e.